The first-order valence-corrected chi connectivity index (χ1v) is 8.38. The molecular weight excluding hydrogens is 335 g/mol. The number of hydrogen-bond donors (Lipinski definition) is 1. The number of hydrogen-bond acceptors (Lipinski definition) is 3. The lowest BCUT2D eigenvalue weighted by atomic mass is 10.2. The highest BCUT2D eigenvalue weighted by atomic mass is 19.1. The number of anilines is 1. The van der Waals surface area contributed by atoms with Gasteiger partial charge in [0.05, 0.1) is 5.52 Å². The van der Waals surface area contributed by atoms with Crippen LogP contribution in [0.2, 0.25) is 0 Å². The van der Waals surface area contributed by atoms with E-state index in [0.717, 1.165) is 0 Å². The standard InChI is InChI=1S/C19H19FN4O2/c1-3-23(4-2)19(26)17-22-16(15-10-5-6-11-24(15)17)18(25)21-14-9-7-8-13(20)12-14/h5-12H,3-4H2,1-2H3,(H,21,25). The lowest BCUT2D eigenvalue weighted by molar-refractivity contribution is 0.0760. The summed E-state index contributed by atoms with van der Waals surface area (Å²) in [4.78, 5) is 31.3. The Morgan fingerprint density at radius 1 is 1.15 bits per heavy atom. The SMILES string of the molecule is CCN(CC)C(=O)c1nc(C(=O)Nc2cccc(F)c2)c2ccccn12. The number of rotatable bonds is 5. The van der Waals surface area contributed by atoms with Crippen molar-refractivity contribution in [3.8, 4) is 0 Å². The summed E-state index contributed by atoms with van der Waals surface area (Å²) in [6.45, 7) is 4.85. The fraction of sp³-hybridized carbons (Fsp3) is 0.211. The van der Waals surface area contributed by atoms with Crippen LogP contribution in [0.4, 0.5) is 10.1 Å². The van der Waals surface area contributed by atoms with E-state index in [0.29, 0.717) is 24.3 Å². The van der Waals surface area contributed by atoms with E-state index < -0.39 is 11.7 Å². The Morgan fingerprint density at radius 3 is 2.62 bits per heavy atom. The Bertz CT molecular complexity index is 963. The summed E-state index contributed by atoms with van der Waals surface area (Å²) in [5.74, 6) is -1.03. The third-order valence-corrected chi connectivity index (χ3v) is 4.09. The van der Waals surface area contributed by atoms with Gasteiger partial charge in [-0.15, -0.1) is 0 Å². The van der Waals surface area contributed by atoms with Gasteiger partial charge in [-0.05, 0) is 44.2 Å². The first kappa shape index (κ1) is 17.6. The second-order valence-corrected chi connectivity index (χ2v) is 5.68. The van der Waals surface area contributed by atoms with Crippen molar-refractivity contribution in [1.29, 1.82) is 0 Å². The van der Waals surface area contributed by atoms with E-state index in [2.05, 4.69) is 10.3 Å². The molecule has 3 aromatic rings. The number of benzene rings is 1. The van der Waals surface area contributed by atoms with Crippen molar-refractivity contribution in [1.82, 2.24) is 14.3 Å². The van der Waals surface area contributed by atoms with Gasteiger partial charge in [-0.2, -0.15) is 0 Å². The van der Waals surface area contributed by atoms with E-state index in [1.54, 1.807) is 39.8 Å². The molecule has 134 valence electrons. The zero-order valence-corrected chi connectivity index (χ0v) is 14.6. The first-order valence-electron chi connectivity index (χ1n) is 8.38. The minimum absolute atomic E-state index is 0.116. The van der Waals surface area contributed by atoms with Gasteiger partial charge in [0.15, 0.2) is 5.69 Å². The third kappa shape index (κ3) is 3.28. The number of pyridine rings is 1. The number of halogens is 1. The Labute approximate surface area is 150 Å². The van der Waals surface area contributed by atoms with Crippen LogP contribution in [0.25, 0.3) is 5.52 Å². The average Bonchev–Trinajstić information content (AvgIpc) is 3.02. The molecule has 1 aromatic carbocycles. The molecule has 0 unspecified atom stereocenters. The number of amides is 2. The van der Waals surface area contributed by atoms with Gasteiger partial charge >= 0.3 is 0 Å². The third-order valence-electron chi connectivity index (χ3n) is 4.09. The van der Waals surface area contributed by atoms with E-state index in [4.69, 9.17) is 0 Å². The lowest BCUT2D eigenvalue weighted by Gasteiger charge is -2.17. The summed E-state index contributed by atoms with van der Waals surface area (Å²) in [5.41, 5.74) is 0.950. The molecule has 0 saturated carbocycles. The highest BCUT2D eigenvalue weighted by molar-refractivity contribution is 6.08. The zero-order chi connectivity index (χ0) is 18.7. The number of aromatic nitrogens is 2. The Kier molecular flexibility index (Phi) is 4.97. The topological polar surface area (TPSA) is 66.7 Å². The molecule has 0 atom stereocenters. The normalized spacial score (nSPS) is 10.7. The minimum Gasteiger partial charge on any atom is -0.337 e. The summed E-state index contributed by atoms with van der Waals surface area (Å²) in [6, 6.07) is 10.9. The van der Waals surface area contributed by atoms with E-state index >= 15 is 0 Å². The number of fused-ring (bicyclic) bond motifs is 1. The van der Waals surface area contributed by atoms with Crippen LogP contribution in [-0.2, 0) is 0 Å². The molecule has 0 bridgehead atoms. The molecule has 0 aliphatic heterocycles. The highest BCUT2D eigenvalue weighted by Crippen LogP contribution is 2.17. The van der Waals surface area contributed by atoms with Gasteiger partial charge in [-0.1, -0.05) is 12.1 Å². The summed E-state index contributed by atoms with van der Waals surface area (Å²) in [7, 11) is 0. The first-order chi connectivity index (χ1) is 12.5. The number of carbonyl (C=O) groups excluding carboxylic acids is 2. The van der Waals surface area contributed by atoms with Crippen molar-refractivity contribution >= 4 is 23.0 Å². The number of nitrogens with zero attached hydrogens (tertiary/aromatic N) is 3. The molecule has 0 saturated heterocycles. The Morgan fingerprint density at radius 2 is 1.92 bits per heavy atom. The van der Waals surface area contributed by atoms with Crippen molar-refractivity contribution in [3.05, 3.63) is 66.0 Å². The maximum absolute atomic E-state index is 13.3. The number of imidazole rings is 1. The van der Waals surface area contributed by atoms with E-state index in [-0.39, 0.29) is 17.4 Å². The predicted octanol–water partition coefficient (Wildman–Crippen LogP) is 3.21. The van der Waals surface area contributed by atoms with Crippen LogP contribution in [0, 0.1) is 5.82 Å². The minimum atomic E-state index is -0.502. The van der Waals surface area contributed by atoms with Gasteiger partial charge in [0.25, 0.3) is 11.8 Å². The van der Waals surface area contributed by atoms with Crippen LogP contribution in [0.3, 0.4) is 0 Å². The van der Waals surface area contributed by atoms with Crippen molar-refractivity contribution in [2.45, 2.75) is 13.8 Å². The quantitative estimate of drug-likeness (QED) is 0.765. The number of nitrogens with one attached hydrogen (secondary N) is 1. The molecule has 0 aliphatic rings. The molecule has 2 amide bonds. The molecule has 0 fully saturated rings. The average molecular weight is 354 g/mol. The molecular formula is C19H19FN4O2. The fourth-order valence-corrected chi connectivity index (χ4v) is 2.76. The van der Waals surface area contributed by atoms with Crippen molar-refractivity contribution in [2.24, 2.45) is 0 Å². The van der Waals surface area contributed by atoms with Gasteiger partial charge in [-0.25, -0.2) is 9.37 Å². The second kappa shape index (κ2) is 7.35. The molecule has 6 nitrogen and oxygen atoms in total. The van der Waals surface area contributed by atoms with Crippen molar-refractivity contribution in [3.63, 3.8) is 0 Å². The molecule has 0 spiro atoms. The summed E-state index contributed by atoms with van der Waals surface area (Å²) in [5, 5.41) is 2.62. The van der Waals surface area contributed by atoms with Crippen LogP contribution >= 0.6 is 0 Å². The second-order valence-electron chi connectivity index (χ2n) is 5.68. The Balaban J connectivity index is 2.01. The van der Waals surface area contributed by atoms with Gasteiger partial charge in [0.2, 0.25) is 5.82 Å². The van der Waals surface area contributed by atoms with Gasteiger partial charge in [0, 0.05) is 25.0 Å². The smallest absolute Gasteiger partial charge is 0.290 e. The molecule has 0 radical (unpaired) electrons. The van der Waals surface area contributed by atoms with Crippen LogP contribution in [0.5, 0.6) is 0 Å². The van der Waals surface area contributed by atoms with Gasteiger partial charge in [0.1, 0.15) is 5.82 Å². The lowest BCUT2D eigenvalue weighted by Crippen LogP contribution is -2.32. The molecule has 3 rings (SSSR count). The van der Waals surface area contributed by atoms with Crippen LogP contribution in [0.1, 0.15) is 35.0 Å². The van der Waals surface area contributed by atoms with Gasteiger partial charge < -0.3 is 10.2 Å². The molecule has 7 heteroatoms. The molecule has 2 heterocycles. The molecule has 2 aromatic heterocycles. The number of carbonyl (C=O) groups is 2. The van der Waals surface area contributed by atoms with Crippen LogP contribution in [0.15, 0.2) is 48.7 Å². The van der Waals surface area contributed by atoms with Gasteiger partial charge in [-0.3, -0.25) is 14.0 Å². The monoisotopic (exact) mass is 354 g/mol. The maximum atomic E-state index is 13.3. The van der Waals surface area contributed by atoms with Crippen LogP contribution < -0.4 is 5.32 Å². The largest absolute Gasteiger partial charge is 0.337 e. The Hall–Kier alpha value is -3.22. The van der Waals surface area contributed by atoms with E-state index in [1.165, 1.54) is 18.2 Å². The van der Waals surface area contributed by atoms with Crippen LogP contribution in [-0.4, -0.2) is 39.2 Å². The molecule has 26 heavy (non-hydrogen) atoms. The fourth-order valence-electron chi connectivity index (χ4n) is 2.76. The zero-order valence-electron chi connectivity index (χ0n) is 14.6. The summed E-state index contributed by atoms with van der Waals surface area (Å²) >= 11 is 0. The highest BCUT2D eigenvalue weighted by Gasteiger charge is 2.24. The van der Waals surface area contributed by atoms with Crippen molar-refractivity contribution in [2.75, 3.05) is 18.4 Å². The summed E-state index contributed by atoms with van der Waals surface area (Å²) in [6.07, 6.45) is 1.69. The van der Waals surface area contributed by atoms with E-state index in [1.807, 2.05) is 13.8 Å². The molecule has 1 N–H and O–H groups in total. The van der Waals surface area contributed by atoms with E-state index in [9.17, 15) is 14.0 Å². The predicted molar refractivity (Wildman–Crippen MR) is 96.8 cm³/mol. The van der Waals surface area contributed by atoms with Crippen molar-refractivity contribution < 1.29 is 14.0 Å². The summed E-state index contributed by atoms with van der Waals surface area (Å²) < 4.78 is 14.9. The maximum Gasteiger partial charge on any atom is 0.290 e. The molecule has 0 aliphatic carbocycles.